The Morgan fingerprint density at radius 1 is 1.30 bits per heavy atom. The number of hydrogen-bond donors (Lipinski definition) is 2. The van der Waals surface area contributed by atoms with E-state index < -0.39 is 18.3 Å². The summed E-state index contributed by atoms with van der Waals surface area (Å²) in [6.45, 7) is 7.71. The predicted octanol–water partition coefficient (Wildman–Crippen LogP) is 2.62. The number of H-pyrrole nitrogens is 1. The number of rotatable bonds is 3. The predicted molar refractivity (Wildman–Crippen MR) is 90.0 cm³/mol. The van der Waals surface area contributed by atoms with Gasteiger partial charge in [-0.2, -0.15) is 0 Å². The van der Waals surface area contributed by atoms with Crippen LogP contribution in [0.15, 0.2) is 18.0 Å². The maximum atomic E-state index is 9.76. The van der Waals surface area contributed by atoms with Gasteiger partial charge < -0.3 is 19.4 Å². The van der Waals surface area contributed by atoms with E-state index in [1.807, 2.05) is 33.8 Å². The average Bonchev–Trinajstić information content (AvgIpc) is 2.96. The Balaban J connectivity index is 1.98. The Morgan fingerprint density at radius 2 is 1.96 bits per heavy atom. The van der Waals surface area contributed by atoms with Crippen LogP contribution in [-0.2, 0) is 9.31 Å². The average molecular weight is 336 g/mol. The SMILES string of the molecule is CC1(C)OB(C(=Cc2c[nH]c3c(Cl)ncnc23)CO)OC1(C)C. The number of hydrogen-bond acceptors (Lipinski definition) is 5. The Labute approximate surface area is 140 Å². The van der Waals surface area contributed by atoms with Crippen LogP contribution in [0.4, 0.5) is 0 Å². The number of aromatic amines is 1. The highest BCUT2D eigenvalue weighted by Gasteiger charge is 2.52. The first-order valence-corrected chi connectivity index (χ1v) is 7.77. The minimum absolute atomic E-state index is 0.178. The fourth-order valence-electron chi connectivity index (χ4n) is 2.42. The largest absolute Gasteiger partial charge is 0.492 e. The molecule has 2 aromatic rings. The van der Waals surface area contributed by atoms with Crippen LogP contribution in [-0.4, -0.2) is 45.0 Å². The highest BCUT2D eigenvalue weighted by atomic mass is 35.5. The Kier molecular flexibility index (Phi) is 4.00. The van der Waals surface area contributed by atoms with Crippen molar-refractivity contribution in [3.8, 4) is 0 Å². The van der Waals surface area contributed by atoms with E-state index in [-0.39, 0.29) is 6.61 Å². The summed E-state index contributed by atoms with van der Waals surface area (Å²) in [6, 6.07) is 0. The molecule has 0 amide bonds. The molecule has 0 aromatic carbocycles. The second kappa shape index (κ2) is 5.59. The molecular formula is C15H19BClN3O3. The number of nitrogens with one attached hydrogen (secondary N) is 1. The third-order valence-corrected chi connectivity index (χ3v) is 4.81. The molecule has 122 valence electrons. The second-order valence-electron chi connectivity index (χ2n) is 6.60. The van der Waals surface area contributed by atoms with E-state index in [0.717, 1.165) is 5.56 Å². The van der Waals surface area contributed by atoms with Crippen molar-refractivity contribution in [2.24, 2.45) is 0 Å². The molecule has 1 saturated heterocycles. The van der Waals surface area contributed by atoms with E-state index in [4.69, 9.17) is 20.9 Å². The molecule has 1 aliphatic rings. The van der Waals surface area contributed by atoms with Crippen LogP contribution in [0.5, 0.6) is 0 Å². The van der Waals surface area contributed by atoms with Crippen molar-refractivity contribution < 1.29 is 14.4 Å². The van der Waals surface area contributed by atoms with Gasteiger partial charge in [0.2, 0.25) is 0 Å². The van der Waals surface area contributed by atoms with Gasteiger partial charge in [-0.3, -0.25) is 0 Å². The molecule has 0 radical (unpaired) electrons. The molecule has 8 heteroatoms. The summed E-state index contributed by atoms with van der Waals surface area (Å²) in [6.07, 6.45) is 4.99. The molecule has 3 heterocycles. The summed E-state index contributed by atoms with van der Waals surface area (Å²) in [5, 5.41) is 10.1. The first-order chi connectivity index (χ1) is 10.7. The van der Waals surface area contributed by atoms with Crippen LogP contribution in [0.3, 0.4) is 0 Å². The lowest BCUT2D eigenvalue weighted by Crippen LogP contribution is -2.41. The van der Waals surface area contributed by atoms with Gasteiger partial charge in [-0.05, 0) is 33.2 Å². The molecule has 0 aliphatic carbocycles. The van der Waals surface area contributed by atoms with Crippen LogP contribution in [0.2, 0.25) is 5.15 Å². The summed E-state index contributed by atoms with van der Waals surface area (Å²) in [5.74, 6) is 0. The molecule has 0 spiro atoms. The molecule has 1 aliphatic heterocycles. The maximum Gasteiger partial charge on any atom is 0.492 e. The highest BCUT2D eigenvalue weighted by Crippen LogP contribution is 2.39. The van der Waals surface area contributed by atoms with Crippen molar-refractivity contribution in [2.45, 2.75) is 38.9 Å². The van der Waals surface area contributed by atoms with Crippen LogP contribution in [0.25, 0.3) is 17.1 Å². The van der Waals surface area contributed by atoms with E-state index in [9.17, 15) is 5.11 Å². The normalized spacial score (nSPS) is 20.4. The molecule has 23 heavy (non-hydrogen) atoms. The van der Waals surface area contributed by atoms with Crippen LogP contribution in [0, 0.1) is 0 Å². The van der Waals surface area contributed by atoms with Gasteiger partial charge >= 0.3 is 7.12 Å². The minimum Gasteiger partial charge on any atom is -0.400 e. The maximum absolute atomic E-state index is 9.76. The lowest BCUT2D eigenvalue weighted by atomic mass is 9.77. The number of aliphatic hydroxyl groups is 1. The third kappa shape index (κ3) is 2.78. The fraction of sp³-hybridized carbons (Fsp3) is 0.467. The van der Waals surface area contributed by atoms with Gasteiger partial charge in [0.05, 0.1) is 17.8 Å². The Morgan fingerprint density at radius 3 is 2.57 bits per heavy atom. The van der Waals surface area contributed by atoms with Crippen molar-refractivity contribution >= 4 is 35.8 Å². The molecule has 0 bridgehead atoms. The van der Waals surface area contributed by atoms with Gasteiger partial charge in [-0.25, -0.2) is 9.97 Å². The van der Waals surface area contributed by atoms with Crippen molar-refractivity contribution in [2.75, 3.05) is 6.61 Å². The zero-order valence-electron chi connectivity index (χ0n) is 13.6. The molecule has 0 saturated carbocycles. The van der Waals surface area contributed by atoms with Gasteiger partial charge in [-0.15, -0.1) is 0 Å². The quantitative estimate of drug-likeness (QED) is 0.666. The summed E-state index contributed by atoms with van der Waals surface area (Å²) >= 11 is 6.04. The van der Waals surface area contributed by atoms with Crippen LogP contribution in [0.1, 0.15) is 33.3 Å². The van der Waals surface area contributed by atoms with Crippen LogP contribution >= 0.6 is 11.6 Å². The van der Waals surface area contributed by atoms with E-state index in [0.29, 0.717) is 21.7 Å². The molecule has 0 unspecified atom stereocenters. The van der Waals surface area contributed by atoms with E-state index in [1.165, 1.54) is 6.33 Å². The fourth-order valence-corrected chi connectivity index (χ4v) is 2.61. The number of aliphatic hydroxyl groups excluding tert-OH is 1. The highest BCUT2D eigenvalue weighted by molar-refractivity contribution is 6.56. The second-order valence-corrected chi connectivity index (χ2v) is 6.96. The number of halogens is 1. The van der Waals surface area contributed by atoms with E-state index >= 15 is 0 Å². The monoisotopic (exact) mass is 335 g/mol. The van der Waals surface area contributed by atoms with Crippen molar-refractivity contribution in [3.05, 3.63) is 28.7 Å². The summed E-state index contributed by atoms with van der Waals surface area (Å²) in [7, 11) is -0.604. The van der Waals surface area contributed by atoms with Gasteiger partial charge in [0.1, 0.15) is 17.4 Å². The van der Waals surface area contributed by atoms with Gasteiger partial charge in [-0.1, -0.05) is 17.7 Å². The van der Waals surface area contributed by atoms with Crippen molar-refractivity contribution in [1.82, 2.24) is 15.0 Å². The molecule has 0 atom stereocenters. The van der Waals surface area contributed by atoms with Crippen molar-refractivity contribution in [3.63, 3.8) is 0 Å². The van der Waals surface area contributed by atoms with Gasteiger partial charge in [0.15, 0.2) is 5.15 Å². The third-order valence-electron chi connectivity index (χ3n) is 4.53. The lowest BCUT2D eigenvalue weighted by Gasteiger charge is -2.32. The number of fused-ring (bicyclic) bond motifs is 1. The molecular weight excluding hydrogens is 316 g/mol. The van der Waals surface area contributed by atoms with Crippen LogP contribution < -0.4 is 0 Å². The first kappa shape index (κ1) is 16.5. The number of aromatic nitrogens is 3. The standard InChI is InChI=1S/C15H19BClN3O3/c1-14(2)15(3,4)23-16(22-14)10(7-21)5-9-6-18-12-11(9)19-8-20-13(12)17/h5-6,8,18,21H,7H2,1-4H3. The van der Waals surface area contributed by atoms with Crippen molar-refractivity contribution in [1.29, 1.82) is 0 Å². The Bertz CT molecular complexity index is 756. The van der Waals surface area contributed by atoms with Gasteiger partial charge in [0, 0.05) is 11.8 Å². The van der Waals surface area contributed by atoms with Gasteiger partial charge in [0.25, 0.3) is 0 Å². The topological polar surface area (TPSA) is 80.3 Å². The zero-order valence-corrected chi connectivity index (χ0v) is 14.3. The molecule has 3 rings (SSSR count). The lowest BCUT2D eigenvalue weighted by molar-refractivity contribution is 0.00578. The Hall–Kier alpha value is -1.41. The summed E-state index contributed by atoms with van der Waals surface area (Å²) in [5.41, 5.74) is 1.84. The first-order valence-electron chi connectivity index (χ1n) is 7.40. The zero-order chi connectivity index (χ0) is 16.8. The number of nitrogens with zero attached hydrogens (tertiary/aromatic N) is 2. The summed E-state index contributed by atoms with van der Waals surface area (Å²) in [4.78, 5) is 11.2. The van der Waals surface area contributed by atoms with E-state index in [2.05, 4.69) is 15.0 Å². The molecule has 1 fully saturated rings. The molecule has 6 nitrogen and oxygen atoms in total. The van der Waals surface area contributed by atoms with E-state index in [1.54, 1.807) is 6.20 Å². The molecule has 2 N–H and O–H groups in total. The summed E-state index contributed by atoms with van der Waals surface area (Å²) < 4.78 is 12.0. The molecule has 2 aromatic heterocycles. The smallest absolute Gasteiger partial charge is 0.400 e. The minimum atomic E-state index is -0.604.